The van der Waals surface area contributed by atoms with Crippen molar-refractivity contribution in [1.29, 1.82) is 0 Å². The van der Waals surface area contributed by atoms with Crippen molar-refractivity contribution in [2.24, 2.45) is 0 Å². The van der Waals surface area contributed by atoms with E-state index in [9.17, 15) is 0 Å². The number of hydrogen-bond donors (Lipinski definition) is 1. The fraction of sp³-hybridized carbons (Fsp3) is 0.647. The molecule has 0 aromatic heterocycles. The molecule has 0 bridgehead atoms. The summed E-state index contributed by atoms with van der Waals surface area (Å²) in [5.74, 6) is 0. The van der Waals surface area contributed by atoms with Gasteiger partial charge in [-0.3, -0.25) is 0 Å². The van der Waals surface area contributed by atoms with Gasteiger partial charge in [-0.25, -0.2) is 0 Å². The van der Waals surface area contributed by atoms with Gasteiger partial charge in [0.1, 0.15) is 0 Å². The van der Waals surface area contributed by atoms with Crippen molar-refractivity contribution < 1.29 is 0 Å². The lowest BCUT2D eigenvalue weighted by Crippen LogP contribution is -2.32. The molecule has 1 heterocycles. The number of anilines is 1. The predicted octanol–water partition coefficient (Wildman–Crippen LogP) is 2.50. The van der Waals surface area contributed by atoms with Crippen LogP contribution in [0.5, 0.6) is 0 Å². The largest absolute Gasteiger partial charge is 0.374 e. The summed E-state index contributed by atoms with van der Waals surface area (Å²) in [7, 11) is 2.18. The second kappa shape index (κ2) is 7.65. The molecule has 0 aliphatic carbocycles. The van der Waals surface area contributed by atoms with Crippen molar-refractivity contribution in [1.82, 2.24) is 10.2 Å². The second-order valence-electron chi connectivity index (χ2n) is 5.75. The molecule has 3 nitrogen and oxygen atoms in total. The lowest BCUT2D eigenvalue weighted by Gasteiger charge is -2.19. The van der Waals surface area contributed by atoms with Gasteiger partial charge in [-0.2, -0.15) is 0 Å². The number of nitrogens with zero attached hydrogens (tertiary/aromatic N) is 2. The molecule has 1 aromatic carbocycles. The third kappa shape index (κ3) is 3.97. The molecule has 3 heteroatoms. The molecule has 1 aromatic rings. The van der Waals surface area contributed by atoms with Crippen LogP contribution in [-0.2, 0) is 13.0 Å². The van der Waals surface area contributed by atoms with Crippen LogP contribution >= 0.6 is 0 Å². The van der Waals surface area contributed by atoms with Crippen molar-refractivity contribution in [3.8, 4) is 0 Å². The third-order valence-corrected chi connectivity index (χ3v) is 4.19. The molecule has 0 fully saturated rings. The molecule has 20 heavy (non-hydrogen) atoms. The van der Waals surface area contributed by atoms with Crippen molar-refractivity contribution in [3.05, 3.63) is 29.3 Å². The van der Waals surface area contributed by atoms with Crippen LogP contribution in [0.3, 0.4) is 0 Å². The zero-order valence-corrected chi connectivity index (χ0v) is 13.3. The SMILES string of the molecule is CCCN(CC)CCNCc1ccc2c(c1)CCN2C. The summed E-state index contributed by atoms with van der Waals surface area (Å²) in [6.07, 6.45) is 2.44. The molecule has 1 N–H and O–H groups in total. The monoisotopic (exact) mass is 275 g/mol. The fourth-order valence-corrected chi connectivity index (χ4v) is 2.94. The summed E-state index contributed by atoms with van der Waals surface area (Å²) >= 11 is 0. The van der Waals surface area contributed by atoms with Crippen LogP contribution in [0.4, 0.5) is 5.69 Å². The Kier molecular flexibility index (Phi) is 5.86. The van der Waals surface area contributed by atoms with Gasteiger partial charge in [-0.1, -0.05) is 26.0 Å². The molecule has 0 atom stereocenters. The van der Waals surface area contributed by atoms with Gasteiger partial charge in [0.05, 0.1) is 0 Å². The van der Waals surface area contributed by atoms with Crippen LogP contribution in [0, 0.1) is 0 Å². The molecule has 0 amide bonds. The van der Waals surface area contributed by atoms with E-state index in [4.69, 9.17) is 0 Å². The first-order chi connectivity index (χ1) is 9.74. The first kappa shape index (κ1) is 15.3. The highest BCUT2D eigenvalue weighted by atomic mass is 15.1. The van der Waals surface area contributed by atoms with E-state index in [1.165, 1.54) is 36.2 Å². The molecule has 0 radical (unpaired) electrons. The van der Waals surface area contributed by atoms with Gasteiger partial charge in [0.15, 0.2) is 0 Å². The maximum absolute atomic E-state index is 3.57. The topological polar surface area (TPSA) is 18.5 Å². The van der Waals surface area contributed by atoms with Crippen LogP contribution in [0.15, 0.2) is 18.2 Å². The van der Waals surface area contributed by atoms with Crippen LogP contribution in [0.2, 0.25) is 0 Å². The predicted molar refractivity (Wildman–Crippen MR) is 87.5 cm³/mol. The highest BCUT2D eigenvalue weighted by Gasteiger charge is 2.15. The Balaban J connectivity index is 1.75. The molecule has 2 rings (SSSR count). The minimum Gasteiger partial charge on any atom is -0.374 e. The van der Waals surface area contributed by atoms with Crippen molar-refractivity contribution in [2.45, 2.75) is 33.2 Å². The number of nitrogens with one attached hydrogen (secondary N) is 1. The number of rotatable bonds is 8. The minimum absolute atomic E-state index is 0.987. The second-order valence-corrected chi connectivity index (χ2v) is 5.75. The maximum atomic E-state index is 3.57. The van der Waals surface area contributed by atoms with Crippen molar-refractivity contribution >= 4 is 5.69 Å². The minimum atomic E-state index is 0.987. The fourth-order valence-electron chi connectivity index (χ4n) is 2.94. The molecule has 112 valence electrons. The molecule has 0 unspecified atom stereocenters. The first-order valence-corrected chi connectivity index (χ1v) is 8.00. The number of likely N-dealkylation sites (N-methyl/N-ethyl adjacent to an activating group) is 2. The zero-order valence-electron chi connectivity index (χ0n) is 13.3. The molecule has 0 saturated carbocycles. The number of hydrogen-bond acceptors (Lipinski definition) is 3. The lowest BCUT2D eigenvalue weighted by atomic mass is 10.1. The molecular formula is C17H29N3. The van der Waals surface area contributed by atoms with Crippen molar-refractivity contribution in [3.63, 3.8) is 0 Å². The quantitative estimate of drug-likeness (QED) is 0.735. The average Bonchev–Trinajstić information content (AvgIpc) is 2.83. The maximum Gasteiger partial charge on any atom is 0.0397 e. The summed E-state index contributed by atoms with van der Waals surface area (Å²) in [6.45, 7) is 11.2. The third-order valence-electron chi connectivity index (χ3n) is 4.19. The Morgan fingerprint density at radius 3 is 2.85 bits per heavy atom. The van der Waals surface area contributed by atoms with E-state index in [0.29, 0.717) is 0 Å². The van der Waals surface area contributed by atoms with Gasteiger partial charge < -0.3 is 15.1 Å². The summed E-state index contributed by atoms with van der Waals surface area (Å²) in [5.41, 5.74) is 4.33. The normalized spacial score (nSPS) is 14.1. The Hall–Kier alpha value is -1.06. The van der Waals surface area contributed by atoms with Crippen LogP contribution in [0.1, 0.15) is 31.4 Å². The van der Waals surface area contributed by atoms with E-state index in [0.717, 1.165) is 32.7 Å². The van der Waals surface area contributed by atoms with Crippen LogP contribution in [-0.4, -0.2) is 44.7 Å². The summed E-state index contributed by atoms with van der Waals surface area (Å²) in [4.78, 5) is 4.85. The van der Waals surface area contributed by atoms with Gasteiger partial charge in [-0.15, -0.1) is 0 Å². The van der Waals surface area contributed by atoms with Crippen LogP contribution < -0.4 is 10.2 Å². The summed E-state index contributed by atoms with van der Waals surface area (Å²) in [6, 6.07) is 6.90. The van der Waals surface area contributed by atoms with E-state index in [2.05, 4.69) is 54.2 Å². The van der Waals surface area contributed by atoms with E-state index >= 15 is 0 Å². The van der Waals surface area contributed by atoms with E-state index in [1.807, 2.05) is 0 Å². The molecule has 0 spiro atoms. The van der Waals surface area contributed by atoms with Gasteiger partial charge in [0.25, 0.3) is 0 Å². The highest BCUT2D eigenvalue weighted by molar-refractivity contribution is 5.58. The van der Waals surface area contributed by atoms with E-state index < -0.39 is 0 Å². The van der Waals surface area contributed by atoms with E-state index in [-0.39, 0.29) is 0 Å². The van der Waals surface area contributed by atoms with Crippen molar-refractivity contribution in [2.75, 3.05) is 44.7 Å². The molecule has 0 saturated heterocycles. The molecule has 1 aliphatic heterocycles. The number of fused-ring (bicyclic) bond motifs is 1. The van der Waals surface area contributed by atoms with E-state index in [1.54, 1.807) is 0 Å². The van der Waals surface area contributed by atoms with Gasteiger partial charge in [-0.05, 0) is 43.1 Å². The lowest BCUT2D eigenvalue weighted by molar-refractivity contribution is 0.287. The summed E-state index contributed by atoms with van der Waals surface area (Å²) in [5, 5.41) is 3.57. The van der Waals surface area contributed by atoms with Gasteiger partial charge in [0, 0.05) is 38.9 Å². The van der Waals surface area contributed by atoms with Gasteiger partial charge in [0.2, 0.25) is 0 Å². The summed E-state index contributed by atoms with van der Waals surface area (Å²) < 4.78 is 0. The Morgan fingerprint density at radius 2 is 2.10 bits per heavy atom. The Morgan fingerprint density at radius 1 is 1.25 bits per heavy atom. The Bertz CT molecular complexity index is 417. The Labute approximate surface area is 124 Å². The zero-order chi connectivity index (χ0) is 14.4. The smallest absolute Gasteiger partial charge is 0.0397 e. The molecular weight excluding hydrogens is 246 g/mol. The highest BCUT2D eigenvalue weighted by Crippen LogP contribution is 2.27. The molecule has 1 aliphatic rings. The standard InChI is InChI=1S/C17H29N3/c1-4-10-20(5-2)12-9-18-14-15-6-7-17-16(13-15)8-11-19(17)3/h6-7,13,18H,4-5,8-12,14H2,1-3H3. The average molecular weight is 275 g/mol. The number of benzene rings is 1. The first-order valence-electron chi connectivity index (χ1n) is 8.00. The van der Waals surface area contributed by atoms with Crippen LogP contribution in [0.25, 0.3) is 0 Å². The van der Waals surface area contributed by atoms with Gasteiger partial charge >= 0.3 is 0 Å².